The monoisotopic (exact) mass is 397 g/mol. The first-order valence-electron chi connectivity index (χ1n) is 8.57. The Hall–Kier alpha value is -2.26. The van der Waals surface area contributed by atoms with Crippen LogP contribution >= 0.6 is 0 Å². The third-order valence-corrected chi connectivity index (χ3v) is 6.07. The molecule has 1 aliphatic heterocycles. The van der Waals surface area contributed by atoms with Crippen molar-refractivity contribution in [1.29, 1.82) is 0 Å². The lowest BCUT2D eigenvalue weighted by molar-refractivity contribution is -0.134. The van der Waals surface area contributed by atoms with Gasteiger partial charge >= 0.3 is 0 Å². The van der Waals surface area contributed by atoms with Crippen LogP contribution in [0.3, 0.4) is 0 Å². The van der Waals surface area contributed by atoms with Crippen molar-refractivity contribution in [1.82, 2.24) is 13.8 Å². The van der Waals surface area contributed by atoms with Gasteiger partial charge in [-0.2, -0.15) is 4.31 Å². The number of carbonyl (C=O) groups is 1. The molecular weight excluding hydrogens is 376 g/mol. The van der Waals surface area contributed by atoms with Crippen LogP contribution in [0.4, 0.5) is 8.78 Å². The van der Waals surface area contributed by atoms with Gasteiger partial charge in [0, 0.05) is 43.2 Å². The maximum absolute atomic E-state index is 14.5. The molecule has 0 spiro atoms. The fraction of sp³-hybridized carbons (Fsp3) is 0.389. The Morgan fingerprint density at radius 2 is 2.00 bits per heavy atom. The third kappa shape index (κ3) is 3.89. The number of rotatable bonds is 5. The third-order valence-electron chi connectivity index (χ3n) is 4.75. The van der Waals surface area contributed by atoms with Crippen molar-refractivity contribution < 1.29 is 22.0 Å². The van der Waals surface area contributed by atoms with Crippen LogP contribution in [-0.2, 0) is 21.4 Å². The lowest BCUT2D eigenvalue weighted by Crippen LogP contribution is -2.47. The molecule has 1 aromatic carbocycles. The first-order valence-corrected chi connectivity index (χ1v) is 10.4. The number of amides is 1. The summed E-state index contributed by atoms with van der Waals surface area (Å²) in [6.07, 6.45) is 2.88. The molecule has 1 unspecified atom stereocenters. The van der Waals surface area contributed by atoms with Gasteiger partial charge in [0.15, 0.2) is 0 Å². The van der Waals surface area contributed by atoms with Gasteiger partial charge < -0.3 is 9.47 Å². The number of aromatic nitrogens is 1. The van der Waals surface area contributed by atoms with Gasteiger partial charge in [-0.1, -0.05) is 13.0 Å². The molecule has 0 saturated carbocycles. The van der Waals surface area contributed by atoms with Gasteiger partial charge in [0.05, 0.1) is 12.8 Å². The van der Waals surface area contributed by atoms with Gasteiger partial charge in [-0.15, -0.1) is 0 Å². The van der Waals surface area contributed by atoms with Crippen molar-refractivity contribution in [2.24, 2.45) is 0 Å². The molecule has 1 atom stereocenters. The van der Waals surface area contributed by atoms with Gasteiger partial charge in [0.1, 0.15) is 17.7 Å². The van der Waals surface area contributed by atoms with Gasteiger partial charge in [-0.3, -0.25) is 4.79 Å². The Morgan fingerprint density at radius 3 is 2.63 bits per heavy atom. The van der Waals surface area contributed by atoms with E-state index >= 15 is 0 Å². The molecule has 146 valence electrons. The van der Waals surface area contributed by atoms with Gasteiger partial charge in [0.2, 0.25) is 15.9 Å². The second kappa shape index (κ2) is 7.40. The molecule has 0 aliphatic carbocycles. The lowest BCUT2D eigenvalue weighted by Gasteiger charge is -2.38. The highest BCUT2D eigenvalue weighted by molar-refractivity contribution is 7.88. The summed E-state index contributed by atoms with van der Waals surface area (Å²) in [5.74, 6) is -1.87. The largest absolute Gasteiger partial charge is 0.348 e. The van der Waals surface area contributed by atoms with E-state index in [0.29, 0.717) is 18.8 Å². The number of benzene rings is 1. The van der Waals surface area contributed by atoms with Crippen molar-refractivity contribution >= 4 is 15.9 Å². The standard InChI is InChI=1S/C18H21F2N3O3S/c1-3-22(27(2,25)26)12-17(24)23-10-9-21-8-4-5-16(21)18(23)14-7-6-13(19)11-15(14)20/h4-8,11,18H,3,9-10,12H2,1-2H3. The molecule has 1 amide bonds. The zero-order valence-electron chi connectivity index (χ0n) is 15.1. The Morgan fingerprint density at radius 1 is 1.26 bits per heavy atom. The minimum absolute atomic E-state index is 0.157. The smallest absolute Gasteiger partial charge is 0.238 e. The van der Waals surface area contributed by atoms with Crippen LogP contribution in [0.2, 0.25) is 0 Å². The zero-order chi connectivity index (χ0) is 19.8. The van der Waals surface area contributed by atoms with E-state index in [4.69, 9.17) is 0 Å². The Bertz CT molecular complexity index is 959. The molecule has 1 aromatic heterocycles. The maximum Gasteiger partial charge on any atom is 0.238 e. The van der Waals surface area contributed by atoms with E-state index in [1.165, 1.54) is 11.0 Å². The van der Waals surface area contributed by atoms with E-state index in [1.807, 2.05) is 10.8 Å². The van der Waals surface area contributed by atoms with Crippen LogP contribution in [0.15, 0.2) is 36.5 Å². The van der Waals surface area contributed by atoms with E-state index in [2.05, 4.69) is 0 Å². The van der Waals surface area contributed by atoms with E-state index in [-0.39, 0.29) is 18.7 Å². The minimum atomic E-state index is -3.54. The van der Waals surface area contributed by atoms with Gasteiger partial charge in [-0.25, -0.2) is 17.2 Å². The number of nitrogens with zero attached hydrogens (tertiary/aromatic N) is 3. The van der Waals surface area contributed by atoms with Crippen molar-refractivity contribution in [2.45, 2.75) is 19.5 Å². The molecule has 3 rings (SSSR count). The quantitative estimate of drug-likeness (QED) is 0.775. The maximum atomic E-state index is 14.5. The summed E-state index contributed by atoms with van der Waals surface area (Å²) in [4.78, 5) is 14.4. The van der Waals surface area contributed by atoms with Crippen LogP contribution in [0.1, 0.15) is 24.2 Å². The first kappa shape index (κ1) is 19.5. The molecule has 6 nitrogen and oxygen atoms in total. The fourth-order valence-corrected chi connectivity index (χ4v) is 4.22. The van der Waals surface area contributed by atoms with E-state index in [9.17, 15) is 22.0 Å². The average molecular weight is 397 g/mol. The number of fused-ring (bicyclic) bond motifs is 1. The van der Waals surface area contributed by atoms with E-state index in [1.54, 1.807) is 19.1 Å². The van der Waals surface area contributed by atoms with E-state index in [0.717, 1.165) is 22.7 Å². The zero-order valence-corrected chi connectivity index (χ0v) is 15.9. The topological polar surface area (TPSA) is 62.6 Å². The second-order valence-corrected chi connectivity index (χ2v) is 8.45. The minimum Gasteiger partial charge on any atom is -0.348 e. The Kier molecular flexibility index (Phi) is 5.34. The van der Waals surface area contributed by atoms with Crippen molar-refractivity contribution in [3.05, 3.63) is 59.4 Å². The predicted molar refractivity (Wildman–Crippen MR) is 96.4 cm³/mol. The summed E-state index contributed by atoms with van der Waals surface area (Å²) in [5, 5.41) is 0. The summed E-state index contributed by atoms with van der Waals surface area (Å²) in [6.45, 7) is 2.29. The Labute approximate surface area is 157 Å². The summed E-state index contributed by atoms with van der Waals surface area (Å²) < 4.78 is 54.5. The molecule has 1 aliphatic rings. The molecule has 0 saturated heterocycles. The summed E-state index contributed by atoms with van der Waals surface area (Å²) in [6, 6.07) is 6.09. The number of likely N-dealkylation sites (N-methyl/N-ethyl adjacent to an activating group) is 1. The molecule has 27 heavy (non-hydrogen) atoms. The molecule has 0 radical (unpaired) electrons. The lowest BCUT2D eigenvalue weighted by atomic mass is 9.99. The highest BCUT2D eigenvalue weighted by atomic mass is 32.2. The predicted octanol–water partition coefficient (Wildman–Crippen LogP) is 1.98. The van der Waals surface area contributed by atoms with Crippen LogP contribution in [0, 0.1) is 11.6 Å². The number of halogens is 2. The molecule has 0 fully saturated rings. The molecular formula is C18H21F2N3O3S. The normalized spacial score (nSPS) is 17.2. The van der Waals surface area contributed by atoms with E-state index < -0.39 is 33.6 Å². The van der Waals surface area contributed by atoms with Crippen molar-refractivity contribution in [3.63, 3.8) is 0 Å². The highest BCUT2D eigenvalue weighted by Crippen LogP contribution is 2.34. The fourth-order valence-electron chi connectivity index (χ4n) is 3.41. The average Bonchev–Trinajstić information content (AvgIpc) is 3.06. The Balaban J connectivity index is 1.99. The highest BCUT2D eigenvalue weighted by Gasteiger charge is 2.35. The van der Waals surface area contributed by atoms with Crippen LogP contribution < -0.4 is 0 Å². The van der Waals surface area contributed by atoms with Crippen LogP contribution in [0.5, 0.6) is 0 Å². The molecule has 0 bridgehead atoms. The van der Waals surface area contributed by atoms with Crippen molar-refractivity contribution in [2.75, 3.05) is 25.9 Å². The number of carbonyl (C=O) groups excluding carboxylic acids is 1. The van der Waals surface area contributed by atoms with Gasteiger partial charge in [0.25, 0.3) is 0 Å². The summed E-state index contributed by atoms with van der Waals surface area (Å²) >= 11 is 0. The SMILES string of the molecule is CCN(CC(=O)N1CCn2cccc2C1c1ccc(F)cc1F)S(C)(=O)=O. The molecule has 2 aromatic rings. The number of hydrogen-bond acceptors (Lipinski definition) is 3. The molecule has 0 N–H and O–H groups in total. The van der Waals surface area contributed by atoms with Gasteiger partial charge in [-0.05, 0) is 18.2 Å². The number of sulfonamides is 1. The second-order valence-electron chi connectivity index (χ2n) is 6.47. The van der Waals surface area contributed by atoms with Crippen molar-refractivity contribution in [3.8, 4) is 0 Å². The molecule has 9 heteroatoms. The number of hydrogen-bond donors (Lipinski definition) is 0. The van der Waals surface area contributed by atoms with Crippen LogP contribution in [0.25, 0.3) is 0 Å². The summed E-state index contributed by atoms with van der Waals surface area (Å²) in [5.41, 5.74) is 0.870. The summed E-state index contributed by atoms with van der Waals surface area (Å²) in [7, 11) is -3.54. The van der Waals surface area contributed by atoms with Crippen LogP contribution in [-0.4, -0.2) is 54.0 Å². The first-order chi connectivity index (χ1) is 12.7. The molecule has 2 heterocycles.